The largest absolute Gasteiger partial charge is 0.494 e. The molecule has 2 aromatic rings. The maximum Gasteiger partial charge on any atom is 0.269 e. The minimum atomic E-state index is -0.481. The molecule has 2 aromatic carbocycles. The number of amides is 1. The molecule has 8 heteroatoms. The number of nitro benzene ring substituents is 1. The molecule has 0 aliphatic rings. The van der Waals surface area contributed by atoms with Crippen LogP contribution in [0.1, 0.15) is 12.5 Å². The Morgan fingerprint density at radius 1 is 1.27 bits per heavy atom. The van der Waals surface area contributed by atoms with E-state index in [9.17, 15) is 14.9 Å². The van der Waals surface area contributed by atoms with Gasteiger partial charge in [-0.15, -0.1) is 0 Å². The van der Waals surface area contributed by atoms with Gasteiger partial charge in [0.25, 0.3) is 5.69 Å². The molecule has 0 unspecified atom stereocenters. The number of nitrogens with zero attached hydrogens (tertiary/aromatic N) is 1. The average Bonchev–Trinajstić information content (AvgIpc) is 2.61. The van der Waals surface area contributed by atoms with Gasteiger partial charge in [-0.25, -0.2) is 0 Å². The standard InChI is InChI=1S/C18H17N3O4S/c1-2-25-16-5-3-4-14(12-16)19-18(26)20-17(22)11-8-13-6-9-15(10-7-13)21(23)24/h3-12H,2H2,1H3,(H2,19,20,22,26)/b11-8+. The highest BCUT2D eigenvalue weighted by Gasteiger charge is 2.04. The average molecular weight is 371 g/mol. The number of anilines is 1. The summed E-state index contributed by atoms with van der Waals surface area (Å²) < 4.78 is 5.40. The fourth-order valence-corrected chi connectivity index (χ4v) is 2.24. The normalized spacial score (nSPS) is 10.3. The van der Waals surface area contributed by atoms with Crippen LogP contribution in [0.15, 0.2) is 54.6 Å². The van der Waals surface area contributed by atoms with E-state index in [-0.39, 0.29) is 10.8 Å². The van der Waals surface area contributed by atoms with Gasteiger partial charge in [0, 0.05) is 30.0 Å². The number of thiocarbonyl (C=S) groups is 1. The van der Waals surface area contributed by atoms with E-state index in [1.165, 1.54) is 24.3 Å². The molecule has 2 rings (SSSR count). The number of hydrogen-bond acceptors (Lipinski definition) is 5. The molecule has 0 bridgehead atoms. The number of non-ortho nitro benzene ring substituents is 1. The Morgan fingerprint density at radius 3 is 2.65 bits per heavy atom. The zero-order valence-corrected chi connectivity index (χ0v) is 14.8. The number of carbonyl (C=O) groups is 1. The van der Waals surface area contributed by atoms with Gasteiger partial charge in [-0.05, 0) is 55.0 Å². The van der Waals surface area contributed by atoms with Crippen molar-refractivity contribution in [2.75, 3.05) is 11.9 Å². The Bertz CT molecular complexity index is 835. The van der Waals surface area contributed by atoms with Crippen LogP contribution in [0.2, 0.25) is 0 Å². The lowest BCUT2D eigenvalue weighted by Gasteiger charge is -2.10. The number of carbonyl (C=O) groups excluding carboxylic acids is 1. The first-order valence-electron chi connectivity index (χ1n) is 7.75. The van der Waals surface area contributed by atoms with Crippen LogP contribution in [-0.4, -0.2) is 22.5 Å². The smallest absolute Gasteiger partial charge is 0.269 e. The molecule has 26 heavy (non-hydrogen) atoms. The second-order valence-corrected chi connectivity index (χ2v) is 5.49. The molecule has 0 saturated heterocycles. The van der Waals surface area contributed by atoms with Gasteiger partial charge >= 0.3 is 0 Å². The molecular formula is C18H17N3O4S. The number of benzene rings is 2. The van der Waals surface area contributed by atoms with Crippen molar-refractivity contribution in [2.45, 2.75) is 6.92 Å². The maximum absolute atomic E-state index is 11.9. The summed E-state index contributed by atoms with van der Waals surface area (Å²) in [6, 6.07) is 13.1. The van der Waals surface area contributed by atoms with E-state index in [2.05, 4.69) is 10.6 Å². The van der Waals surface area contributed by atoms with Gasteiger partial charge in [-0.1, -0.05) is 6.07 Å². The first-order valence-corrected chi connectivity index (χ1v) is 8.16. The number of hydrogen-bond donors (Lipinski definition) is 2. The lowest BCUT2D eigenvalue weighted by Crippen LogP contribution is -2.32. The van der Waals surface area contributed by atoms with Gasteiger partial charge in [-0.3, -0.25) is 20.2 Å². The van der Waals surface area contributed by atoms with Crippen molar-refractivity contribution in [3.63, 3.8) is 0 Å². The molecule has 2 N–H and O–H groups in total. The highest BCUT2D eigenvalue weighted by molar-refractivity contribution is 7.80. The van der Waals surface area contributed by atoms with Crippen molar-refractivity contribution in [1.82, 2.24) is 5.32 Å². The summed E-state index contributed by atoms with van der Waals surface area (Å²) in [5, 5.41) is 16.2. The highest BCUT2D eigenvalue weighted by Crippen LogP contribution is 2.17. The van der Waals surface area contributed by atoms with Crippen LogP contribution in [0.5, 0.6) is 5.75 Å². The molecule has 0 aromatic heterocycles. The van der Waals surface area contributed by atoms with Crippen molar-refractivity contribution in [2.24, 2.45) is 0 Å². The lowest BCUT2D eigenvalue weighted by molar-refractivity contribution is -0.384. The predicted molar refractivity (Wildman–Crippen MR) is 104 cm³/mol. The molecule has 0 radical (unpaired) electrons. The van der Waals surface area contributed by atoms with Crippen LogP contribution in [0.3, 0.4) is 0 Å². The summed E-state index contributed by atoms with van der Waals surface area (Å²) in [4.78, 5) is 22.0. The topological polar surface area (TPSA) is 93.5 Å². The third-order valence-corrected chi connectivity index (χ3v) is 3.37. The Kier molecular flexibility index (Phi) is 6.81. The van der Waals surface area contributed by atoms with Gasteiger partial charge in [0.15, 0.2) is 5.11 Å². The summed E-state index contributed by atoms with van der Waals surface area (Å²) in [5.74, 6) is 0.284. The molecule has 0 aliphatic heterocycles. The summed E-state index contributed by atoms with van der Waals surface area (Å²) in [6.45, 7) is 2.44. The number of nitrogens with one attached hydrogen (secondary N) is 2. The zero-order chi connectivity index (χ0) is 18.9. The van der Waals surface area contributed by atoms with Gasteiger partial charge in [0.05, 0.1) is 11.5 Å². The van der Waals surface area contributed by atoms with Crippen LogP contribution >= 0.6 is 12.2 Å². The Labute approximate surface area is 155 Å². The third-order valence-electron chi connectivity index (χ3n) is 3.17. The van der Waals surface area contributed by atoms with E-state index in [0.717, 1.165) is 0 Å². The van der Waals surface area contributed by atoms with Gasteiger partial charge < -0.3 is 10.1 Å². The minimum Gasteiger partial charge on any atom is -0.494 e. The summed E-state index contributed by atoms with van der Waals surface area (Å²) in [7, 11) is 0. The van der Waals surface area contributed by atoms with Crippen LogP contribution < -0.4 is 15.4 Å². The van der Waals surface area contributed by atoms with E-state index >= 15 is 0 Å². The zero-order valence-electron chi connectivity index (χ0n) is 14.0. The Hall–Kier alpha value is -3.26. The van der Waals surface area contributed by atoms with E-state index in [1.807, 2.05) is 19.1 Å². The van der Waals surface area contributed by atoms with Crippen LogP contribution in [0, 0.1) is 10.1 Å². The predicted octanol–water partition coefficient (Wildman–Crippen LogP) is 3.52. The summed E-state index contributed by atoms with van der Waals surface area (Å²) in [5.41, 5.74) is 1.35. The van der Waals surface area contributed by atoms with Crippen molar-refractivity contribution in [3.05, 3.63) is 70.3 Å². The highest BCUT2D eigenvalue weighted by atomic mass is 32.1. The number of ether oxygens (including phenoxy) is 1. The monoisotopic (exact) mass is 371 g/mol. The Morgan fingerprint density at radius 2 is 2.00 bits per heavy atom. The molecular weight excluding hydrogens is 354 g/mol. The van der Waals surface area contributed by atoms with Crippen LogP contribution in [0.25, 0.3) is 6.08 Å². The summed E-state index contributed by atoms with van der Waals surface area (Å²) >= 11 is 5.10. The second-order valence-electron chi connectivity index (χ2n) is 5.09. The van der Waals surface area contributed by atoms with E-state index < -0.39 is 10.8 Å². The lowest BCUT2D eigenvalue weighted by atomic mass is 10.2. The summed E-state index contributed by atoms with van der Waals surface area (Å²) in [6.07, 6.45) is 2.84. The molecule has 134 valence electrons. The molecule has 0 aliphatic carbocycles. The van der Waals surface area contributed by atoms with Crippen LogP contribution in [0.4, 0.5) is 11.4 Å². The molecule has 0 heterocycles. The van der Waals surface area contributed by atoms with Gasteiger partial charge in [0.2, 0.25) is 5.91 Å². The van der Waals surface area contributed by atoms with Crippen molar-refractivity contribution < 1.29 is 14.5 Å². The SMILES string of the molecule is CCOc1cccc(NC(=S)NC(=O)/C=C/c2ccc([N+](=O)[O-])cc2)c1. The first-order chi connectivity index (χ1) is 12.5. The number of nitro groups is 1. The fraction of sp³-hybridized carbons (Fsp3) is 0.111. The molecule has 0 saturated carbocycles. The molecule has 0 fully saturated rings. The van der Waals surface area contributed by atoms with E-state index in [4.69, 9.17) is 17.0 Å². The second kappa shape index (κ2) is 9.28. The van der Waals surface area contributed by atoms with Crippen LogP contribution in [-0.2, 0) is 4.79 Å². The van der Waals surface area contributed by atoms with E-state index in [1.54, 1.807) is 24.3 Å². The van der Waals surface area contributed by atoms with Crippen molar-refractivity contribution >= 4 is 40.7 Å². The molecule has 7 nitrogen and oxygen atoms in total. The first kappa shape index (κ1) is 19.1. The van der Waals surface area contributed by atoms with Gasteiger partial charge in [0.1, 0.15) is 5.75 Å². The third kappa shape index (κ3) is 5.99. The van der Waals surface area contributed by atoms with E-state index in [0.29, 0.717) is 23.6 Å². The molecule has 0 atom stereocenters. The van der Waals surface area contributed by atoms with Crippen molar-refractivity contribution in [3.8, 4) is 5.75 Å². The minimum absolute atomic E-state index is 0.00809. The van der Waals surface area contributed by atoms with Gasteiger partial charge in [-0.2, -0.15) is 0 Å². The fourth-order valence-electron chi connectivity index (χ4n) is 2.03. The molecule has 0 spiro atoms. The number of rotatable bonds is 6. The quantitative estimate of drug-likeness (QED) is 0.349. The van der Waals surface area contributed by atoms with Crippen molar-refractivity contribution in [1.29, 1.82) is 0 Å². The molecule has 1 amide bonds. The Balaban J connectivity index is 1.89. The maximum atomic E-state index is 11.9.